The smallest absolute Gasteiger partial charge is 0.239 e. The normalized spacial score (nSPS) is 10.2. The Balaban J connectivity index is 2.96. The first-order valence-corrected chi connectivity index (χ1v) is 7.19. The van der Waals surface area contributed by atoms with Gasteiger partial charge >= 0.3 is 0 Å². The summed E-state index contributed by atoms with van der Waals surface area (Å²) in [6, 6.07) is 0. The second-order valence-corrected chi connectivity index (χ2v) is 4.61. The van der Waals surface area contributed by atoms with Crippen LogP contribution in [0.1, 0.15) is 32.8 Å². The van der Waals surface area contributed by atoms with Gasteiger partial charge in [-0.3, -0.25) is 4.79 Å². The SMILES string of the molecule is CCCc1c(NCC)ncnc1N(C)CC(=O)NCC. The van der Waals surface area contributed by atoms with Gasteiger partial charge in [-0.2, -0.15) is 0 Å². The topological polar surface area (TPSA) is 70.2 Å². The van der Waals surface area contributed by atoms with E-state index in [1.807, 2.05) is 25.8 Å². The molecule has 0 spiro atoms. The first-order chi connectivity index (χ1) is 9.63. The Hall–Kier alpha value is -1.85. The van der Waals surface area contributed by atoms with Crippen LogP contribution in [0.3, 0.4) is 0 Å². The lowest BCUT2D eigenvalue weighted by atomic mass is 10.1. The maximum absolute atomic E-state index is 11.7. The fourth-order valence-corrected chi connectivity index (χ4v) is 2.08. The van der Waals surface area contributed by atoms with E-state index in [0.29, 0.717) is 13.1 Å². The average Bonchev–Trinajstić information content (AvgIpc) is 2.41. The van der Waals surface area contributed by atoms with Gasteiger partial charge in [-0.15, -0.1) is 0 Å². The molecule has 0 saturated carbocycles. The van der Waals surface area contributed by atoms with E-state index in [1.54, 1.807) is 6.33 Å². The zero-order valence-corrected chi connectivity index (χ0v) is 12.9. The number of carbonyl (C=O) groups excluding carboxylic acids is 1. The van der Waals surface area contributed by atoms with Crippen LogP contribution in [0.4, 0.5) is 11.6 Å². The molecule has 0 aliphatic carbocycles. The fraction of sp³-hybridized carbons (Fsp3) is 0.643. The molecule has 0 bridgehead atoms. The van der Waals surface area contributed by atoms with Crippen molar-refractivity contribution < 1.29 is 4.79 Å². The molecule has 1 amide bonds. The van der Waals surface area contributed by atoms with Gasteiger partial charge in [-0.1, -0.05) is 13.3 Å². The lowest BCUT2D eigenvalue weighted by Gasteiger charge is -2.22. The van der Waals surface area contributed by atoms with Crippen LogP contribution in [0.5, 0.6) is 0 Å². The van der Waals surface area contributed by atoms with Crippen molar-refractivity contribution in [1.82, 2.24) is 15.3 Å². The Kier molecular flexibility index (Phi) is 6.76. The molecule has 1 aromatic rings. The van der Waals surface area contributed by atoms with Gasteiger partial charge in [0.25, 0.3) is 0 Å². The largest absolute Gasteiger partial charge is 0.370 e. The van der Waals surface area contributed by atoms with Gasteiger partial charge in [0, 0.05) is 25.7 Å². The highest BCUT2D eigenvalue weighted by Crippen LogP contribution is 2.23. The number of anilines is 2. The van der Waals surface area contributed by atoms with Gasteiger partial charge in [0.15, 0.2) is 0 Å². The third-order valence-corrected chi connectivity index (χ3v) is 2.88. The first kappa shape index (κ1) is 16.2. The van der Waals surface area contributed by atoms with Crippen molar-refractivity contribution in [2.45, 2.75) is 33.6 Å². The summed E-state index contributed by atoms with van der Waals surface area (Å²) >= 11 is 0. The van der Waals surface area contributed by atoms with E-state index in [4.69, 9.17) is 0 Å². The number of amides is 1. The van der Waals surface area contributed by atoms with Crippen LogP contribution in [-0.4, -0.2) is 42.6 Å². The highest BCUT2D eigenvalue weighted by atomic mass is 16.2. The molecular formula is C14H25N5O. The summed E-state index contributed by atoms with van der Waals surface area (Å²) in [5.74, 6) is 1.69. The number of nitrogens with one attached hydrogen (secondary N) is 2. The van der Waals surface area contributed by atoms with Crippen LogP contribution in [0.25, 0.3) is 0 Å². The number of hydrogen-bond acceptors (Lipinski definition) is 5. The third kappa shape index (κ3) is 4.36. The average molecular weight is 279 g/mol. The molecule has 0 aromatic carbocycles. The monoisotopic (exact) mass is 279 g/mol. The molecule has 0 atom stereocenters. The van der Waals surface area contributed by atoms with Gasteiger partial charge in [0.05, 0.1) is 6.54 Å². The van der Waals surface area contributed by atoms with E-state index >= 15 is 0 Å². The van der Waals surface area contributed by atoms with E-state index in [2.05, 4.69) is 27.5 Å². The molecule has 1 heterocycles. The molecule has 6 nitrogen and oxygen atoms in total. The predicted molar refractivity (Wildman–Crippen MR) is 82.1 cm³/mol. The summed E-state index contributed by atoms with van der Waals surface area (Å²) in [6.45, 7) is 7.82. The standard InChI is InChI=1S/C14H25N5O/c1-5-8-11-13(16-7-3)17-10-18-14(11)19(4)9-12(20)15-6-2/h10H,5-9H2,1-4H3,(H,15,20)(H,16,17,18). The molecule has 0 saturated heterocycles. The van der Waals surface area contributed by atoms with Gasteiger partial charge in [0.2, 0.25) is 5.91 Å². The summed E-state index contributed by atoms with van der Waals surface area (Å²) in [7, 11) is 1.88. The number of carbonyl (C=O) groups is 1. The van der Waals surface area contributed by atoms with Crippen LogP contribution in [-0.2, 0) is 11.2 Å². The Morgan fingerprint density at radius 1 is 1.25 bits per heavy atom. The van der Waals surface area contributed by atoms with Crippen LogP contribution in [0.2, 0.25) is 0 Å². The molecule has 0 aliphatic rings. The van der Waals surface area contributed by atoms with Crippen molar-refractivity contribution >= 4 is 17.5 Å². The Morgan fingerprint density at radius 2 is 2.00 bits per heavy atom. The highest BCUT2D eigenvalue weighted by molar-refractivity contribution is 5.81. The van der Waals surface area contributed by atoms with Gasteiger partial charge in [-0.25, -0.2) is 9.97 Å². The number of likely N-dealkylation sites (N-methyl/N-ethyl adjacent to an activating group) is 2. The first-order valence-electron chi connectivity index (χ1n) is 7.19. The summed E-state index contributed by atoms with van der Waals surface area (Å²) < 4.78 is 0. The van der Waals surface area contributed by atoms with E-state index < -0.39 is 0 Å². The van der Waals surface area contributed by atoms with E-state index in [0.717, 1.165) is 36.6 Å². The zero-order valence-electron chi connectivity index (χ0n) is 12.9. The van der Waals surface area contributed by atoms with Crippen LogP contribution in [0, 0.1) is 0 Å². The molecule has 0 fully saturated rings. The number of nitrogens with zero attached hydrogens (tertiary/aromatic N) is 3. The van der Waals surface area contributed by atoms with E-state index in [9.17, 15) is 4.79 Å². The van der Waals surface area contributed by atoms with E-state index in [1.165, 1.54) is 0 Å². The Labute approximate surface area is 121 Å². The quantitative estimate of drug-likeness (QED) is 0.753. The third-order valence-electron chi connectivity index (χ3n) is 2.88. The van der Waals surface area contributed by atoms with Gasteiger partial charge in [-0.05, 0) is 20.3 Å². The minimum absolute atomic E-state index is 0.000983. The molecule has 2 N–H and O–H groups in total. The molecule has 0 unspecified atom stereocenters. The fourth-order valence-electron chi connectivity index (χ4n) is 2.08. The lowest BCUT2D eigenvalue weighted by molar-refractivity contribution is -0.119. The summed E-state index contributed by atoms with van der Waals surface area (Å²) in [4.78, 5) is 22.2. The predicted octanol–water partition coefficient (Wildman–Crippen LogP) is 1.43. The number of aromatic nitrogens is 2. The van der Waals surface area contributed by atoms with Crippen molar-refractivity contribution in [1.29, 1.82) is 0 Å². The van der Waals surface area contributed by atoms with Crippen molar-refractivity contribution in [3.8, 4) is 0 Å². The van der Waals surface area contributed by atoms with Crippen LogP contribution < -0.4 is 15.5 Å². The molecule has 0 radical (unpaired) electrons. The van der Waals surface area contributed by atoms with Crippen molar-refractivity contribution in [3.05, 3.63) is 11.9 Å². The molecule has 20 heavy (non-hydrogen) atoms. The Bertz CT molecular complexity index is 436. The molecule has 1 rings (SSSR count). The molecule has 0 aliphatic heterocycles. The highest BCUT2D eigenvalue weighted by Gasteiger charge is 2.15. The van der Waals surface area contributed by atoms with Crippen molar-refractivity contribution in [3.63, 3.8) is 0 Å². The molecule has 1 aromatic heterocycles. The van der Waals surface area contributed by atoms with Gasteiger partial charge in [0.1, 0.15) is 18.0 Å². The van der Waals surface area contributed by atoms with Crippen LogP contribution in [0.15, 0.2) is 6.33 Å². The molecule has 6 heteroatoms. The maximum Gasteiger partial charge on any atom is 0.239 e. The number of rotatable bonds is 8. The maximum atomic E-state index is 11.7. The minimum Gasteiger partial charge on any atom is -0.370 e. The van der Waals surface area contributed by atoms with Gasteiger partial charge < -0.3 is 15.5 Å². The minimum atomic E-state index is 0.000983. The van der Waals surface area contributed by atoms with Crippen molar-refractivity contribution in [2.24, 2.45) is 0 Å². The zero-order chi connectivity index (χ0) is 15.0. The van der Waals surface area contributed by atoms with Crippen LogP contribution >= 0.6 is 0 Å². The van der Waals surface area contributed by atoms with E-state index in [-0.39, 0.29) is 5.91 Å². The van der Waals surface area contributed by atoms with Crippen molar-refractivity contribution in [2.75, 3.05) is 36.9 Å². The summed E-state index contributed by atoms with van der Waals surface area (Å²) in [5.41, 5.74) is 1.07. The Morgan fingerprint density at radius 3 is 2.60 bits per heavy atom. The summed E-state index contributed by atoms with van der Waals surface area (Å²) in [6.07, 6.45) is 3.44. The second kappa shape index (κ2) is 8.35. The second-order valence-electron chi connectivity index (χ2n) is 4.61. The summed E-state index contributed by atoms with van der Waals surface area (Å²) in [5, 5.41) is 6.05. The number of hydrogen-bond donors (Lipinski definition) is 2. The molecular weight excluding hydrogens is 254 g/mol. The molecule has 112 valence electrons. The lowest BCUT2D eigenvalue weighted by Crippen LogP contribution is -2.35.